The molecule has 1 amide bonds. The number of carbonyl (C=O) groups is 2. The quantitative estimate of drug-likeness (QED) is 0.579. The standard InChI is InChI=1S/C15H20ClNO6S/c1-11(13(18)22-10-12-8-6-5-7-9-12)17(24(16,20)21)14(19)23-15(2,3)4/h5-9,11H,10H2,1-4H3/t11-/m0/s1. The Kier molecular flexibility index (Phi) is 6.62. The minimum absolute atomic E-state index is 0.0610. The van der Waals surface area contributed by atoms with Gasteiger partial charge in [0.2, 0.25) is 0 Å². The molecule has 1 atom stereocenters. The highest BCUT2D eigenvalue weighted by atomic mass is 35.7. The van der Waals surface area contributed by atoms with Crippen LogP contribution in [0.3, 0.4) is 0 Å². The lowest BCUT2D eigenvalue weighted by atomic mass is 10.2. The minimum atomic E-state index is -4.53. The average Bonchev–Trinajstić information content (AvgIpc) is 2.42. The maximum absolute atomic E-state index is 12.1. The zero-order valence-electron chi connectivity index (χ0n) is 13.9. The van der Waals surface area contributed by atoms with Crippen LogP contribution in [0, 0.1) is 0 Å². The van der Waals surface area contributed by atoms with Gasteiger partial charge in [-0.2, -0.15) is 12.7 Å². The van der Waals surface area contributed by atoms with E-state index in [4.69, 9.17) is 20.2 Å². The van der Waals surface area contributed by atoms with Crippen LogP contribution in [-0.2, 0) is 30.1 Å². The summed E-state index contributed by atoms with van der Waals surface area (Å²) in [5.74, 6) is -0.922. The van der Waals surface area contributed by atoms with Gasteiger partial charge in [0.05, 0.1) is 0 Å². The Morgan fingerprint density at radius 3 is 2.21 bits per heavy atom. The largest absolute Gasteiger partial charge is 0.459 e. The molecule has 0 N–H and O–H groups in total. The van der Waals surface area contributed by atoms with Crippen LogP contribution in [0.4, 0.5) is 4.79 Å². The summed E-state index contributed by atoms with van der Waals surface area (Å²) in [7, 11) is 0.735. The highest BCUT2D eigenvalue weighted by Crippen LogP contribution is 2.19. The van der Waals surface area contributed by atoms with Crippen LogP contribution in [0.5, 0.6) is 0 Å². The lowest BCUT2D eigenvalue weighted by molar-refractivity contribution is -0.148. The molecule has 0 aliphatic heterocycles. The maximum atomic E-state index is 12.1. The number of ether oxygens (including phenoxy) is 2. The summed E-state index contributed by atoms with van der Waals surface area (Å²) in [6.45, 7) is 5.80. The van der Waals surface area contributed by atoms with Crippen molar-refractivity contribution in [2.45, 2.75) is 45.9 Å². The molecular weight excluding hydrogens is 358 g/mol. The maximum Gasteiger partial charge on any atom is 0.425 e. The summed E-state index contributed by atoms with van der Waals surface area (Å²) in [6, 6.07) is 7.35. The van der Waals surface area contributed by atoms with Gasteiger partial charge in [-0.3, -0.25) is 0 Å². The first-order chi connectivity index (χ1) is 10.9. The van der Waals surface area contributed by atoms with Crippen molar-refractivity contribution in [1.29, 1.82) is 0 Å². The Morgan fingerprint density at radius 2 is 1.75 bits per heavy atom. The van der Waals surface area contributed by atoms with Crippen molar-refractivity contribution >= 4 is 32.0 Å². The lowest BCUT2D eigenvalue weighted by Gasteiger charge is -2.27. The van der Waals surface area contributed by atoms with E-state index < -0.39 is 32.9 Å². The van der Waals surface area contributed by atoms with Crippen LogP contribution >= 0.6 is 10.7 Å². The molecule has 24 heavy (non-hydrogen) atoms. The van der Waals surface area contributed by atoms with E-state index in [1.165, 1.54) is 6.92 Å². The third kappa shape index (κ3) is 6.37. The van der Waals surface area contributed by atoms with Crippen molar-refractivity contribution in [2.24, 2.45) is 0 Å². The molecule has 7 nitrogen and oxygen atoms in total. The summed E-state index contributed by atoms with van der Waals surface area (Å²) >= 11 is 0. The molecule has 0 aliphatic rings. The van der Waals surface area contributed by atoms with E-state index in [1.54, 1.807) is 51.1 Å². The van der Waals surface area contributed by atoms with Crippen LogP contribution < -0.4 is 0 Å². The van der Waals surface area contributed by atoms with Crippen LogP contribution in [-0.4, -0.2) is 36.4 Å². The number of nitrogens with zero attached hydrogens (tertiary/aromatic N) is 1. The minimum Gasteiger partial charge on any atom is -0.459 e. The Bertz CT molecular complexity index is 684. The third-order valence-electron chi connectivity index (χ3n) is 2.73. The van der Waals surface area contributed by atoms with Crippen LogP contribution in [0.15, 0.2) is 30.3 Å². The normalized spacial score (nSPS) is 13.0. The number of hydrogen-bond acceptors (Lipinski definition) is 6. The van der Waals surface area contributed by atoms with E-state index in [2.05, 4.69) is 0 Å². The summed E-state index contributed by atoms with van der Waals surface area (Å²) in [5.41, 5.74) is -0.236. The van der Waals surface area contributed by atoms with E-state index >= 15 is 0 Å². The molecule has 1 aromatic carbocycles. The predicted molar refractivity (Wildman–Crippen MR) is 88.5 cm³/mol. The van der Waals surface area contributed by atoms with Gasteiger partial charge in [0.1, 0.15) is 18.2 Å². The first kappa shape index (κ1) is 20.2. The SMILES string of the molecule is C[C@@H](C(=O)OCc1ccccc1)N(C(=O)OC(C)(C)C)S(=O)(=O)Cl. The first-order valence-electron chi connectivity index (χ1n) is 7.09. The Morgan fingerprint density at radius 1 is 1.21 bits per heavy atom. The van der Waals surface area contributed by atoms with Crippen LogP contribution in [0.2, 0.25) is 0 Å². The Balaban J connectivity index is 2.86. The topological polar surface area (TPSA) is 90.0 Å². The van der Waals surface area contributed by atoms with E-state index in [1.807, 2.05) is 0 Å². The van der Waals surface area contributed by atoms with Crippen molar-refractivity contribution in [2.75, 3.05) is 0 Å². The molecule has 0 aliphatic carbocycles. The molecule has 0 saturated carbocycles. The molecule has 0 heterocycles. The first-order valence-corrected chi connectivity index (χ1v) is 9.36. The summed E-state index contributed by atoms with van der Waals surface area (Å²) in [5, 5.41) is 0. The zero-order valence-corrected chi connectivity index (χ0v) is 15.4. The molecule has 0 spiro atoms. The van der Waals surface area contributed by atoms with E-state index in [-0.39, 0.29) is 10.9 Å². The molecule has 0 aromatic heterocycles. The zero-order chi connectivity index (χ0) is 18.5. The van der Waals surface area contributed by atoms with Gasteiger partial charge in [-0.05, 0) is 33.3 Å². The monoisotopic (exact) mass is 377 g/mol. The average molecular weight is 378 g/mol. The van der Waals surface area contributed by atoms with Gasteiger partial charge in [0.25, 0.3) is 0 Å². The highest BCUT2D eigenvalue weighted by Gasteiger charge is 2.38. The molecule has 1 aromatic rings. The molecule has 9 heteroatoms. The summed E-state index contributed by atoms with van der Waals surface area (Å²) in [4.78, 5) is 24.1. The second kappa shape index (κ2) is 7.85. The summed E-state index contributed by atoms with van der Waals surface area (Å²) < 4.78 is 33.5. The highest BCUT2D eigenvalue weighted by molar-refractivity contribution is 8.12. The number of hydrogen-bond donors (Lipinski definition) is 0. The second-order valence-electron chi connectivity index (χ2n) is 5.99. The number of benzene rings is 1. The molecule has 0 unspecified atom stereocenters. The number of amides is 1. The van der Waals surface area contributed by atoms with Gasteiger partial charge < -0.3 is 9.47 Å². The van der Waals surface area contributed by atoms with Crippen molar-refractivity contribution < 1.29 is 27.5 Å². The van der Waals surface area contributed by atoms with Gasteiger partial charge in [-0.15, -0.1) is 0 Å². The number of esters is 1. The third-order valence-corrected chi connectivity index (χ3v) is 4.11. The molecule has 1 rings (SSSR count). The van der Waals surface area contributed by atoms with Crippen LogP contribution in [0.25, 0.3) is 0 Å². The Hall–Kier alpha value is -1.80. The van der Waals surface area contributed by atoms with Gasteiger partial charge in [-0.25, -0.2) is 9.59 Å². The van der Waals surface area contributed by atoms with E-state index in [9.17, 15) is 18.0 Å². The molecule has 0 radical (unpaired) electrons. The van der Waals surface area contributed by atoms with Crippen molar-refractivity contribution in [1.82, 2.24) is 4.31 Å². The smallest absolute Gasteiger partial charge is 0.425 e. The summed E-state index contributed by atoms with van der Waals surface area (Å²) in [6.07, 6.45) is -1.25. The fourth-order valence-electron chi connectivity index (χ4n) is 1.69. The molecule has 0 fully saturated rings. The molecule has 0 bridgehead atoms. The molecule has 0 saturated heterocycles. The number of halogens is 1. The van der Waals surface area contributed by atoms with Gasteiger partial charge in [0, 0.05) is 10.7 Å². The fourth-order valence-corrected chi connectivity index (χ4v) is 2.89. The van der Waals surface area contributed by atoms with Gasteiger partial charge in [-0.1, -0.05) is 30.3 Å². The van der Waals surface area contributed by atoms with Crippen molar-refractivity contribution in [3.05, 3.63) is 35.9 Å². The van der Waals surface area contributed by atoms with Crippen molar-refractivity contribution in [3.8, 4) is 0 Å². The van der Waals surface area contributed by atoms with Crippen molar-refractivity contribution in [3.63, 3.8) is 0 Å². The van der Waals surface area contributed by atoms with E-state index in [0.717, 1.165) is 5.56 Å². The molecule has 134 valence electrons. The molecular formula is C15H20ClNO6S. The number of carbonyl (C=O) groups excluding carboxylic acids is 2. The Labute approximate surface area is 146 Å². The number of rotatable bonds is 5. The predicted octanol–water partition coefficient (Wildman–Crippen LogP) is 2.84. The van der Waals surface area contributed by atoms with E-state index in [0.29, 0.717) is 0 Å². The van der Waals surface area contributed by atoms with Gasteiger partial charge in [0.15, 0.2) is 0 Å². The van der Waals surface area contributed by atoms with Gasteiger partial charge >= 0.3 is 21.3 Å². The second-order valence-corrected chi connectivity index (χ2v) is 8.38. The lowest BCUT2D eigenvalue weighted by Crippen LogP contribution is -2.47. The van der Waals surface area contributed by atoms with Crippen LogP contribution in [0.1, 0.15) is 33.3 Å². The fraction of sp³-hybridized carbons (Fsp3) is 0.467.